The molecule has 0 saturated heterocycles. The summed E-state index contributed by atoms with van der Waals surface area (Å²) in [5.41, 5.74) is 0.830. The van der Waals surface area contributed by atoms with Crippen LogP contribution in [0.1, 0.15) is 36.2 Å². The molecule has 1 aromatic carbocycles. The van der Waals surface area contributed by atoms with Crippen LogP contribution in [0.25, 0.3) is 11.4 Å². The Kier molecular flexibility index (Phi) is 4.31. The van der Waals surface area contributed by atoms with E-state index >= 15 is 0 Å². The first-order valence-electron chi connectivity index (χ1n) is 8.90. The molecular formula is C19H20N6O2. The number of fused-ring (bicyclic) bond motifs is 1. The van der Waals surface area contributed by atoms with Gasteiger partial charge in [-0.1, -0.05) is 44.2 Å². The van der Waals surface area contributed by atoms with Crippen molar-refractivity contribution in [3.05, 3.63) is 64.6 Å². The second kappa shape index (κ2) is 6.79. The Morgan fingerprint density at radius 3 is 2.67 bits per heavy atom. The van der Waals surface area contributed by atoms with Crippen LogP contribution in [0.3, 0.4) is 0 Å². The lowest BCUT2D eigenvalue weighted by Crippen LogP contribution is -2.45. The molecule has 8 heteroatoms. The minimum atomic E-state index is -0.335. The number of benzene rings is 1. The Hall–Kier alpha value is -3.29. The van der Waals surface area contributed by atoms with Crippen molar-refractivity contribution in [1.82, 2.24) is 29.6 Å². The Morgan fingerprint density at radius 2 is 2.00 bits per heavy atom. The average Bonchev–Trinajstić information content (AvgIpc) is 3.12. The number of carbonyl (C=O) groups is 1. The highest BCUT2D eigenvalue weighted by Crippen LogP contribution is 2.33. The molecule has 1 atom stereocenters. The molecule has 0 spiro atoms. The van der Waals surface area contributed by atoms with E-state index in [9.17, 15) is 9.59 Å². The molecule has 3 heterocycles. The SMILES string of the molecule is CC(C)[C@H]1c2nc(-c3ccccc3)nn2CCN1C(=O)c1c[nH]c(=O)cn1. The van der Waals surface area contributed by atoms with Gasteiger partial charge in [-0.3, -0.25) is 9.59 Å². The fourth-order valence-electron chi connectivity index (χ4n) is 3.42. The van der Waals surface area contributed by atoms with Gasteiger partial charge in [-0.25, -0.2) is 14.6 Å². The van der Waals surface area contributed by atoms with E-state index in [2.05, 4.69) is 28.9 Å². The van der Waals surface area contributed by atoms with Gasteiger partial charge in [0.25, 0.3) is 11.5 Å². The maximum Gasteiger partial charge on any atom is 0.274 e. The van der Waals surface area contributed by atoms with Crippen LogP contribution in [-0.4, -0.2) is 42.1 Å². The number of amides is 1. The fourth-order valence-corrected chi connectivity index (χ4v) is 3.42. The van der Waals surface area contributed by atoms with E-state index < -0.39 is 0 Å². The van der Waals surface area contributed by atoms with Crippen LogP contribution in [0.15, 0.2) is 47.5 Å². The van der Waals surface area contributed by atoms with Crippen molar-refractivity contribution >= 4 is 5.91 Å². The minimum absolute atomic E-state index is 0.142. The topological polar surface area (TPSA) is 96.8 Å². The summed E-state index contributed by atoms with van der Waals surface area (Å²) in [6, 6.07) is 9.58. The third kappa shape index (κ3) is 3.14. The monoisotopic (exact) mass is 364 g/mol. The van der Waals surface area contributed by atoms with Crippen molar-refractivity contribution in [3.63, 3.8) is 0 Å². The van der Waals surface area contributed by atoms with E-state index in [1.807, 2.05) is 35.0 Å². The molecule has 0 unspecified atom stereocenters. The zero-order valence-corrected chi connectivity index (χ0v) is 15.2. The summed E-state index contributed by atoms with van der Waals surface area (Å²) in [6.45, 7) is 5.18. The Bertz CT molecular complexity index is 1000. The summed E-state index contributed by atoms with van der Waals surface area (Å²) in [4.78, 5) is 37.2. The zero-order valence-electron chi connectivity index (χ0n) is 15.2. The average molecular weight is 364 g/mol. The van der Waals surface area contributed by atoms with Crippen LogP contribution in [0, 0.1) is 5.92 Å². The number of hydrogen-bond donors (Lipinski definition) is 1. The van der Waals surface area contributed by atoms with E-state index in [0.717, 1.165) is 17.6 Å². The molecule has 2 aromatic heterocycles. The summed E-state index contributed by atoms with van der Waals surface area (Å²) in [7, 11) is 0. The van der Waals surface area contributed by atoms with Crippen LogP contribution >= 0.6 is 0 Å². The number of carbonyl (C=O) groups excluding carboxylic acids is 1. The second-order valence-corrected chi connectivity index (χ2v) is 6.87. The maximum absolute atomic E-state index is 13.0. The van der Waals surface area contributed by atoms with Gasteiger partial charge in [-0.15, -0.1) is 0 Å². The number of rotatable bonds is 3. The van der Waals surface area contributed by atoms with Gasteiger partial charge < -0.3 is 9.88 Å². The van der Waals surface area contributed by atoms with Crippen molar-refractivity contribution in [3.8, 4) is 11.4 Å². The van der Waals surface area contributed by atoms with Gasteiger partial charge >= 0.3 is 0 Å². The van der Waals surface area contributed by atoms with E-state index in [1.54, 1.807) is 4.90 Å². The highest BCUT2D eigenvalue weighted by atomic mass is 16.2. The number of nitrogens with one attached hydrogen (secondary N) is 1. The van der Waals surface area contributed by atoms with Gasteiger partial charge in [0.15, 0.2) is 11.6 Å². The Morgan fingerprint density at radius 1 is 1.22 bits per heavy atom. The molecule has 1 N–H and O–H groups in total. The molecule has 4 rings (SSSR count). The molecule has 3 aromatic rings. The van der Waals surface area contributed by atoms with Crippen molar-refractivity contribution < 1.29 is 4.79 Å². The number of hydrogen-bond acceptors (Lipinski definition) is 5. The molecule has 138 valence electrons. The van der Waals surface area contributed by atoms with E-state index in [1.165, 1.54) is 6.20 Å². The largest absolute Gasteiger partial charge is 0.325 e. The molecule has 0 fully saturated rings. The van der Waals surface area contributed by atoms with Gasteiger partial charge in [0.2, 0.25) is 0 Å². The standard InChI is InChI=1S/C19H20N6O2/c1-12(2)16-18-22-17(13-6-4-3-5-7-13)23-25(18)9-8-24(16)19(27)14-10-21-15(26)11-20-14/h3-7,10-12,16H,8-9H2,1-2H3,(H,21,26)/t16-/m0/s1. The summed E-state index contributed by atoms with van der Waals surface area (Å²) >= 11 is 0. The lowest BCUT2D eigenvalue weighted by atomic mass is 9.99. The van der Waals surface area contributed by atoms with Gasteiger partial charge in [-0.05, 0) is 5.92 Å². The van der Waals surface area contributed by atoms with E-state index in [4.69, 9.17) is 4.98 Å². The van der Waals surface area contributed by atoms with E-state index in [-0.39, 0.29) is 29.1 Å². The van der Waals surface area contributed by atoms with Crippen molar-refractivity contribution in [2.45, 2.75) is 26.4 Å². The first-order valence-corrected chi connectivity index (χ1v) is 8.90. The first kappa shape index (κ1) is 17.1. The van der Waals surface area contributed by atoms with Crippen molar-refractivity contribution in [2.75, 3.05) is 6.54 Å². The van der Waals surface area contributed by atoms with Gasteiger partial charge in [0.05, 0.1) is 18.8 Å². The first-order chi connectivity index (χ1) is 13.0. The van der Waals surface area contributed by atoms with Crippen LogP contribution in [-0.2, 0) is 6.54 Å². The lowest BCUT2D eigenvalue weighted by molar-refractivity contribution is 0.0530. The van der Waals surface area contributed by atoms with Gasteiger partial charge in [-0.2, -0.15) is 5.10 Å². The fraction of sp³-hybridized carbons (Fsp3) is 0.316. The second-order valence-electron chi connectivity index (χ2n) is 6.87. The number of aromatic amines is 1. The van der Waals surface area contributed by atoms with Crippen LogP contribution < -0.4 is 5.56 Å². The van der Waals surface area contributed by atoms with Crippen molar-refractivity contribution in [2.24, 2.45) is 5.92 Å². The molecule has 1 aliphatic heterocycles. The molecule has 0 saturated carbocycles. The number of aromatic nitrogens is 5. The van der Waals surface area contributed by atoms with Crippen LogP contribution in [0.2, 0.25) is 0 Å². The summed E-state index contributed by atoms with van der Waals surface area (Å²) in [6.07, 6.45) is 2.48. The quantitative estimate of drug-likeness (QED) is 0.765. The molecule has 1 amide bonds. The number of nitrogens with zero attached hydrogens (tertiary/aromatic N) is 5. The van der Waals surface area contributed by atoms with Gasteiger partial charge in [0.1, 0.15) is 5.69 Å². The number of H-pyrrole nitrogens is 1. The highest BCUT2D eigenvalue weighted by Gasteiger charge is 2.36. The molecule has 27 heavy (non-hydrogen) atoms. The molecule has 8 nitrogen and oxygen atoms in total. The molecular weight excluding hydrogens is 344 g/mol. The predicted molar refractivity (Wildman–Crippen MR) is 98.9 cm³/mol. The molecule has 0 radical (unpaired) electrons. The summed E-state index contributed by atoms with van der Waals surface area (Å²) in [5.74, 6) is 1.35. The van der Waals surface area contributed by atoms with Gasteiger partial charge in [0, 0.05) is 18.3 Å². The lowest BCUT2D eigenvalue weighted by Gasteiger charge is -2.37. The maximum atomic E-state index is 13.0. The predicted octanol–water partition coefficient (Wildman–Crippen LogP) is 1.88. The highest BCUT2D eigenvalue weighted by molar-refractivity contribution is 5.92. The third-order valence-electron chi connectivity index (χ3n) is 4.67. The smallest absolute Gasteiger partial charge is 0.274 e. The van der Waals surface area contributed by atoms with Crippen molar-refractivity contribution in [1.29, 1.82) is 0 Å². The summed E-state index contributed by atoms with van der Waals surface area (Å²) < 4.78 is 1.89. The van der Waals surface area contributed by atoms with Crippen LogP contribution in [0.5, 0.6) is 0 Å². The zero-order chi connectivity index (χ0) is 19.0. The Balaban J connectivity index is 1.71. The molecule has 0 bridgehead atoms. The Labute approximate surface area is 155 Å². The molecule has 1 aliphatic rings. The summed E-state index contributed by atoms with van der Waals surface area (Å²) in [5, 5.41) is 4.64. The normalized spacial score (nSPS) is 16.4. The van der Waals surface area contributed by atoms with Crippen LogP contribution in [0.4, 0.5) is 0 Å². The van der Waals surface area contributed by atoms with E-state index in [0.29, 0.717) is 18.9 Å². The molecule has 0 aliphatic carbocycles. The minimum Gasteiger partial charge on any atom is -0.325 e. The third-order valence-corrected chi connectivity index (χ3v) is 4.67.